The molecule has 0 bridgehead atoms. The molecule has 0 aliphatic carbocycles. The number of nitriles is 1. The second-order valence-electron chi connectivity index (χ2n) is 16.7. The van der Waals surface area contributed by atoms with E-state index < -0.39 is 83.0 Å². The van der Waals surface area contributed by atoms with E-state index in [9.17, 15) is 62.3 Å². The first kappa shape index (κ1) is 64.8. The highest BCUT2D eigenvalue weighted by Gasteiger charge is 2.24. The van der Waals surface area contributed by atoms with Gasteiger partial charge in [-0.15, -0.1) is 62.6 Å². The van der Waals surface area contributed by atoms with Crippen molar-refractivity contribution in [2.75, 3.05) is 23.9 Å². The number of thioether (sulfide) groups is 1. The summed E-state index contributed by atoms with van der Waals surface area (Å²) < 4.78 is 191. The number of aryl methyl sites for hydroxylation is 2. The molecule has 438 valence electrons. The number of fused-ring (bicyclic) bond motifs is 6. The number of rotatable bonds is 18. The molecule has 8 rings (SSSR count). The van der Waals surface area contributed by atoms with Gasteiger partial charge in [-0.25, -0.2) is 9.97 Å². The highest BCUT2D eigenvalue weighted by Crippen LogP contribution is 2.45. The van der Waals surface area contributed by atoms with Gasteiger partial charge in [-0.2, -0.15) is 44.0 Å². The van der Waals surface area contributed by atoms with Crippen LogP contribution in [-0.2, 0) is 61.7 Å². The van der Waals surface area contributed by atoms with Gasteiger partial charge in [0.15, 0.2) is 11.3 Å². The Labute approximate surface area is 485 Å². The first-order valence-corrected chi connectivity index (χ1v) is 32.7. The van der Waals surface area contributed by atoms with Crippen LogP contribution in [0.15, 0.2) is 112 Å². The number of benzene rings is 5. The Morgan fingerprint density at radius 3 is 1.96 bits per heavy atom. The second kappa shape index (κ2) is 26.5. The molecule has 30 nitrogen and oxygen atoms in total. The van der Waals surface area contributed by atoms with Crippen LogP contribution in [0.4, 0.5) is 33.6 Å². The number of azo groups is 3. The van der Waals surface area contributed by atoms with Crippen molar-refractivity contribution in [1.82, 2.24) is 14.4 Å². The molecule has 5 aromatic carbocycles. The van der Waals surface area contributed by atoms with Crippen molar-refractivity contribution in [3.63, 3.8) is 0 Å². The third-order valence-corrected chi connectivity index (χ3v) is 16.8. The lowest BCUT2D eigenvalue weighted by molar-refractivity contribution is 0.317. The van der Waals surface area contributed by atoms with Crippen molar-refractivity contribution in [2.24, 2.45) is 30.7 Å². The standard InChI is InChI=1S/C44H37ClN10O14S6.2O3S/c1-22-7-4-8-34-38(22)47-42-28(21-46)24(3)39(43(56)55(34)42)53-51-32-15-23(2)30(19-35(32)69-11-5-13-72(57,58)59)49-52-33-18-29(45)31(20-36(33)70-12-6-14-73(60,61)62)50-54-44-48-40-37(75(66,67)68)16-25-9-10-26(74(63,64)65)17-27(25)41(40)71-44;2*1-4(2)3/h4,7-10,15-20,56H,5-6,11-14H2,1-3H3,(H,57,58,59)(H,60,61,62)(H,63,64,65)(H,66,67,68);;. The fourth-order valence-corrected chi connectivity index (χ4v) is 12.0. The first-order valence-electron chi connectivity index (χ1n) is 22.5. The van der Waals surface area contributed by atoms with E-state index in [2.05, 4.69) is 46.7 Å². The summed E-state index contributed by atoms with van der Waals surface area (Å²) in [7, 11) is -24.4. The minimum Gasteiger partial charge on any atom is -0.493 e. The lowest BCUT2D eigenvalue weighted by Crippen LogP contribution is -2.08. The van der Waals surface area contributed by atoms with Crippen molar-refractivity contribution in [1.29, 1.82) is 5.26 Å². The Hall–Kier alpha value is -7.39. The Balaban J connectivity index is 0.00000130. The molecule has 0 fully saturated rings. The molecule has 0 saturated carbocycles. The third kappa shape index (κ3) is 16.9. The van der Waals surface area contributed by atoms with E-state index in [1.165, 1.54) is 34.7 Å². The predicted molar refractivity (Wildman–Crippen MR) is 298 cm³/mol. The summed E-state index contributed by atoms with van der Waals surface area (Å²) in [6.07, 6.45) is -0.154. The topological polar surface area (TPSA) is 478 Å². The molecule has 5 N–H and O–H groups in total. The van der Waals surface area contributed by atoms with E-state index >= 15 is 0 Å². The van der Waals surface area contributed by atoms with Crippen LogP contribution in [0.3, 0.4) is 0 Å². The lowest BCUT2D eigenvalue weighted by atomic mass is 10.1. The average Bonchev–Trinajstić information content (AvgIpc) is 3.64. The molecule has 0 unspecified atom stereocenters. The summed E-state index contributed by atoms with van der Waals surface area (Å²) in [4.78, 5) is 8.06. The van der Waals surface area contributed by atoms with E-state index in [4.69, 9.17) is 41.6 Å². The quantitative estimate of drug-likeness (QED) is 0.0231. The Morgan fingerprint density at radius 1 is 0.711 bits per heavy atom. The van der Waals surface area contributed by atoms with E-state index in [1.807, 2.05) is 13.0 Å². The van der Waals surface area contributed by atoms with Crippen LogP contribution in [0.25, 0.3) is 37.7 Å². The maximum Gasteiger partial charge on any atom is 0.425 e. The first-order chi connectivity index (χ1) is 38.7. The normalized spacial score (nSPS) is 12.3. The number of thiazole rings is 1. The van der Waals surface area contributed by atoms with Crippen molar-refractivity contribution in [3.8, 4) is 17.7 Å². The number of aromatic nitrogens is 3. The third-order valence-electron chi connectivity index (χ3n) is 11.0. The number of para-hydroxylation sites is 1. The highest BCUT2D eigenvalue weighted by molar-refractivity contribution is 7.99. The van der Waals surface area contributed by atoms with Crippen LogP contribution in [0.2, 0.25) is 5.02 Å². The van der Waals surface area contributed by atoms with Gasteiger partial charge in [0.25, 0.3) is 40.5 Å². The van der Waals surface area contributed by atoms with Crippen molar-refractivity contribution < 1.29 is 87.0 Å². The molecule has 0 spiro atoms. The van der Waals surface area contributed by atoms with Gasteiger partial charge < -0.3 is 9.84 Å². The van der Waals surface area contributed by atoms with Crippen molar-refractivity contribution in [2.45, 2.75) is 48.3 Å². The van der Waals surface area contributed by atoms with Gasteiger partial charge in [0.2, 0.25) is 11.0 Å². The molecule has 0 amide bonds. The van der Waals surface area contributed by atoms with Crippen LogP contribution >= 0.6 is 34.7 Å². The van der Waals surface area contributed by atoms with Gasteiger partial charge in [-0.05, 0) is 98.3 Å². The molecule has 0 saturated heterocycles. The zero-order chi connectivity index (χ0) is 61.5. The minimum atomic E-state index is -4.88. The van der Waals surface area contributed by atoms with Crippen molar-refractivity contribution >= 4 is 168 Å². The van der Waals surface area contributed by atoms with Crippen LogP contribution < -0.4 is 4.74 Å². The average molecular weight is 1320 g/mol. The minimum absolute atomic E-state index is 0.00537. The molecular formula is C44H37ClN10O20S8. The maximum atomic E-state index is 12.4. The lowest BCUT2D eigenvalue weighted by Gasteiger charge is -2.12. The smallest absolute Gasteiger partial charge is 0.425 e. The number of halogens is 1. The van der Waals surface area contributed by atoms with Gasteiger partial charge in [-0.1, -0.05) is 41.1 Å². The maximum absolute atomic E-state index is 12.4. The van der Waals surface area contributed by atoms with Crippen molar-refractivity contribution in [3.05, 3.63) is 94.0 Å². The van der Waals surface area contributed by atoms with Gasteiger partial charge in [0.1, 0.15) is 44.9 Å². The summed E-state index contributed by atoms with van der Waals surface area (Å²) in [5, 5.41) is 47.8. The Kier molecular flexibility index (Phi) is 20.6. The molecule has 0 aliphatic heterocycles. The number of ether oxygens (including phenoxy) is 1. The molecule has 83 heavy (non-hydrogen) atoms. The number of hydrogen-bond acceptors (Lipinski definition) is 27. The zero-order valence-corrected chi connectivity index (χ0v) is 49.4. The van der Waals surface area contributed by atoms with Crippen LogP contribution in [0.1, 0.15) is 35.1 Å². The molecule has 39 heteroatoms. The summed E-state index contributed by atoms with van der Waals surface area (Å²) in [5.74, 6) is -1.42. The number of nitrogens with zero attached hydrogens (tertiary/aromatic N) is 10. The molecule has 3 heterocycles. The zero-order valence-electron chi connectivity index (χ0n) is 42.1. The van der Waals surface area contributed by atoms with Gasteiger partial charge in [-0.3, -0.25) is 22.6 Å². The van der Waals surface area contributed by atoms with E-state index in [1.54, 1.807) is 26.0 Å². The summed E-state index contributed by atoms with van der Waals surface area (Å²) >= 11 is 8.57. The molecule has 8 aromatic rings. The van der Waals surface area contributed by atoms with Crippen LogP contribution in [0, 0.1) is 32.1 Å². The Bertz CT molecular complexity index is 4770. The number of hydrogen-bond donors (Lipinski definition) is 5. The largest absolute Gasteiger partial charge is 0.493 e. The molecule has 0 radical (unpaired) electrons. The number of pyridine rings is 1. The molecule has 0 atom stereocenters. The molecule has 0 aliphatic rings. The summed E-state index contributed by atoms with van der Waals surface area (Å²) in [5.41, 5.74) is 3.02. The summed E-state index contributed by atoms with van der Waals surface area (Å²) in [6, 6.07) is 17.7. The monoisotopic (exact) mass is 1320 g/mol. The van der Waals surface area contributed by atoms with E-state index in [-0.39, 0.29) is 113 Å². The SMILES string of the molecule is Cc1cc(N=Nc2c(C)c(C#N)c3nc4c(C)cccc4n3c2O)c(OCCCS(=O)(=O)O)cc1N=Nc1cc(Cl)c(N=Nc2nc3c(S(=O)(=O)O)cc4ccc(S(=O)(=O)O)cc4c3s2)cc1SCCCS(=O)(=O)O.O=S(=O)=O.O=S(=O)=O. The predicted octanol–water partition coefficient (Wildman–Crippen LogP) is 9.16. The number of aromatic hydroxyl groups is 1. The van der Waals surface area contributed by atoms with Gasteiger partial charge >= 0.3 is 21.2 Å². The second-order valence-corrected chi connectivity index (χ2v) is 26.0. The highest BCUT2D eigenvalue weighted by atomic mass is 35.5. The van der Waals surface area contributed by atoms with Crippen LogP contribution in [-0.4, -0.2) is 120 Å². The molecular weight excluding hydrogens is 1280 g/mol. The number of imidazole rings is 1. The van der Waals surface area contributed by atoms with E-state index in [0.29, 0.717) is 21.5 Å². The van der Waals surface area contributed by atoms with Crippen LogP contribution in [0.5, 0.6) is 11.6 Å². The fraction of sp³-hybridized carbons (Fsp3) is 0.205. The Morgan fingerprint density at radius 2 is 1.34 bits per heavy atom. The summed E-state index contributed by atoms with van der Waals surface area (Å²) in [6.45, 7) is 4.82. The fourth-order valence-electron chi connectivity index (χ4n) is 7.48. The molecule has 3 aromatic heterocycles. The van der Waals surface area contributed by atoms with Gasteiger partial charge in [0.05, 0.1) is 49.5 Å². The van der Waals surface area contributed by atoms with E-state index in [0.717, 1.165) is 46.9 Å². The van der Waals surface area contributed by atoms with Gasteiger partial charge in [0, 0.05) is 21.9 Å².